The van der Waals surface area contributed by atoms with Crippen LogP contribution in [0.4, 0.5) is 5.69 Å². The molecule has 1 aliphatic rings. The van der Waals surface area contributed by atoms with Crippen LogP contribution < -0.4 is 15.4 Å². The summed E-state index contributed by atoms with van der Waals surface area (Å²) < 4.78 is 5.66. The van der Waals surface area contributed by atoms with Crippen molar-refractivity contribution in [1.29, 1.82) is 0 Å². The van der Waals surface area contributed by atoms with Crippen LogP contribution >= 0.6 is 0 Å². The van der Waals surface area contributed by atoms with Gasteiger partial charge in [0.2, 0.25) is 5.91 Å². The fourth-order valence-corrected chi connectivity index (χ4v) is 2.32. The van der Waals surface area contributed by atoms with Gasteiger partial charge in [0.05, 0.1) is 12.3 Å². The fraction of sp³-hybridized carbons (Fsp3) is 0.533. The molecule has 1 heterocycles. The molecule has 1 aromatic rings. The van der Waals surface area contributed by atoms with E-state index in [1.807, 2.05) is 29.2 Å². The summed E-state index contributed by atoms with van der Waals surface area (Å²) in [6, 6.07) is 7.77. The Kier molecular flexibility index (Phi) is 5.21. The van der Waals surface area contributed by atoms with E-state index in [1.165, 1.54) is 0 Å². The first-order chi connectivity index (χ1) is 9.33. The minimum Gasteiger partial charge on any atom is -0.491 e. The van der Waals surface area contributed by atoms with Crippen molar-refractivity contribution in [3.8, 4) is 5.75 Å². The van der Waals surface area contributed by atoms with Crippen LogP contribution in [0.3, 0.4) is 0 Å². The zero-order valence-corrected chi connectivity index (χ0v) is 11.3. The van der Waals surface area contributed by atoms with Crippen molar-refractivity contribution >= 4 is 11.6 Å². The number of carbonyl (C=O) groups is 1. The Morgan fingerprint density at radius 1 is 1.26 bits per heavy atom. The van der Waals surface area contributed by atoms with E-state index in [4.69, 9.17) is 10.5 Å². The van der Waals surface area contributed by atoms with Crippen LogP contribution in [0.15, 0.2) is 24.3 Å². The number of para-hydroxylation sites is 2. The molecule has 0 bridgehead atoms. The first-order valence-electron chi connectivity index (χ1n) is 7.05. The average Bonchev–Trinajstić information content (AvgIpc) is 2.66. The summed E-state index contributed by atoms with van der Waals surface area (Å²) >= 11 is 0. The average molecular weight is 262 g/mol. The highest BCUT2D eigenvalue weighted by Gasteiger charge is 2.21. The lowest BCUT2D eigenvalue weighted by atomic mass is 10.1. The number of carbonyl (C=O) groups excluding carboxylic acids is 1. The predicted octanol–water partition coefficient (Wildman–Crippen LogP) is 2.32. The first kappa shape index (κ1) is 13.9. The predicted molar refractivity (Wildman–Crippen MR) is 76.4 cm³/mol. The highest BCUT2D eigenvalue weighted by atomic mass is 16.5. The SMILES string of the molecule is NCCCCCC(=O)N1CCCOc2ccccc21. The maximum absolute atomic E-state index is 12.3. The number of anilines is 1. The number of nitrogens with zero attached hydrogens (tertiary/aromatic N) is 1. The molecular weight excluding hydrogens is 240 g/mol. The molecule has 4 heteroatoms. The molecule has 19 heavy (non-hydrogen) atoms. The quantitative estimate of drug-likeness (QED) is 0.828. The number of hydrogen-bond donors (Lipinski definition) is 1. The van der Waals surface area contributed by atoms with E-state index in [2.05, 4.69) is 0 Å². The minimum absolute atomic E-state index is 0.190. The molecule has 0 spiro atoms. The fourth-order valence-electron chi connectivity index (χ4n) is 2.32. The van der Waals surface area contributed by atoms with E-state index in [9.17, 15) is 4.79 Å². The van der Waals surface area contributed by atoms with E-state index in [-0.39, 0.29) is 5.91 Å². The molecule has 0 fully saturated rings. The summed E-state index contributed by atoms with van der Waals surface area (Å²) in [6.45, 7) is 2.12. The van der Waals surface area contributed by atoms with Gasteiger partial charge < -0.3 is 15.4 Å². The molecule has 2 N–H and O–H groups in total. The van der Waals surface area contributed by atoms with E-state index < -0.39 is 0 Å². The standard InChI is InChI=1S/C15H22N2O2/c16-10-5-1-2-9-15(18)17-11-6-12-19-14-8-4-3-7-13(14)17/h3-4,7-8H,1-2,5-6,9-12,16H2. The van der Waals surface area contributed by atoms with Crippen molar-refractivity contribution in [3.05, 3.63) is 24.3 Å². The van der Waals surface area contributed by atoms with Crippen molar-refractivity contribution in [2.45, 2.75) is 32.1 Å². The molecule has 0 saturated heterocycles. The maximum Gasteiger partial charge on any atom is 0.227 e. The molecule has 0 aromatic heterocycles. The van der Waals surface area contributed by atoms with Gasteiger partial charge in [0.15, 0.2) is 0 Å². The number of nitrogens with two attached hydrogens (primary N) is 1. The molecule has 0 unspecified atom stereocenters. The summed E-state index contributed by atoms with van der Waals surface area (Å²) in [5, 5.41) is 0. The Morgan fingerprint density at radius 2 is 2.11 bits per heavy atom. The summed E-state index contributed by atoms with van der Waals surface area (Å²) in [5.41, 5.74) is 6.37. The van der Waals surface area contributed by atoms with Gasteiger partial charge in [0.1, 0.15) is 5.75 Å². The normalized spacial score (nSPS) is 14.5. The number of fused-ring (bicyclic) bond motifs is 1. The van der Waals surface area contributed by atoms with Gasteiger partial charge in [-0.1, -0.05) is 18.6 Å². The number of unbranched alkanes of at least 4 members (excludes halogenated alkanes) is 2. The van der Waals surface area contributed by atoms with Gasteiger partial charge in [-0.15, -0.1) is 0 Å². The lowest BCUT2D eigenvalue weighted by Gasteiger charge is -2.21. The number of rotatable bonds is 5. The van der Waals surface area contributed by atoms with Gasteiger partial charge in [-0.05, 0) is 37.9 Å². The zero-order valence-electron chi connectivity index (χ0n) is 11.3. The molecule has 2 rings (SSSR count). The summed E-state index contributed by atoms with van der Waals surface area (Å²) in [7, 11) is 0. The highest BCUT2D eigenvalue weighted by Crippen LogP contribution is 2.31. The van der Waals surface area contributed by atoms with Crippen LogP contribution in [0, 0.1) is 0 Å². The number of amides is 1. The molecule has 0 atom stereocenters. The van der Waals surface area contributed by atoms with Crippen molar-refractivity contribution in [2.75, 3.05) is 24.6 Å². The van der Waals surface area contributed by atoms with Crippen molar-refractivity contribution in [3.63, 3.8) is 0 Å². The van der Waals surface area contributed by atoms with E-state index >= 15 is 0 Å². The van der Waals surface area contributed by atoms with Crippen molar-refractivity contribution in [2.24, 2.45) is 5.73 Å². The molecule has 104 valence electrons. The van der Waals surface area contributed by atoms with Crippen LogP contribution in [0.1, 0.15) is 32.1 Å². The second-order valence-corrected chi connectivity index (χ2v) is 4.81. The van der Waals surface area contributed by atoms with Crippen LogP contribution in [-0.2, 0) is 4.79 Å². The largest absolute Gasteiger partial charge is 0.491 e. The molecule has 1 amide bonds. The Hall–Kier alpha value is -1.55. The summed E-state index contributed by atoms with van der Waals surface area (Å²) in [5.74, 6) is 1.00. The van der Waals surface area contributed by atoms with Crippen molar-refractivity contribution < 1.29 is 9.53 Å². The van der Waals surface area contributed by atoms with Gasteiger partial charge in [0, 0.05) is 13.0 Å². The molecule has 0 radical (unpaired) electrons. The Balaban J connectivity index is 2.00. The Labute approximate surface area is 114 Å². The minimum atomic E-state index is 0.190. The van der Waals surface area contributed by atoms with Gasteiger partial charge in [-0.3, -0.25) is 4.79 Å². The lowest BCUT2D eigenvalue weighted by molar-refractivity contribution is -0.118. The van der Waals surface area contributed by atoms with Crippen LogP contribution in [0.5, 0.6) is 5.75 Å². The third-order valence-corrected chi connectivity index (χ3v) is 3.34. The lowest BCUT2D eigenvalue weighted by Crippen LogP contribution is -2.31. The van der Waals surface area contributed by atoms with Crippen molar-refractivity contribution in [1.82, 2.24) is 0 Å². The molecule has 4 nitrogen and oxygen atoms in total. The van der Waals surface area contributed by atoms with Gasteiger partial charge in [-0.2, -0.15) is 0 Å². The number of ether oxygens (including phenoxy) is 1. The maximum atomic E-state index is 12.3. The van der Waals surface area contributed by atoms with E-state index in [1.54, 1.807) is 0 Å². The molecular formula is C15H22N2O2. The Morgan fingerprint density at radius 3 is 2.95 bits per heavy atom. The summed E-state index contributed by atoms with van der Waals surface area (Å²) in [4.78, 5) is 14.2. The molecule has 0 aliphatic carbocycles. The van der Waals surface area contributed by atoms with Crippen LogP contribution in [0.25, 0.3) is 0 Å². The molecule has 1 aromatic carbocycles. The monoisotopic (exact) mass is 262 g/mol. The number of benzene rings is 1. The number of hydrogen-bond acceptors (Lipinski definition) is 3. The van der Waals surface area contributed by atoms with E-state index in [0.29, 0.717) is 19.6 Å². The van der Waals surface area contributed by atoms with E-state index in [0.717, 1.165) is 43.7 Å². The van der Waals surface area contributed by atoms with Crippen LogP contribution in [0.2, 0.25) is 0 Å². The molecule has 0 saturated carbocycles. The van der Waals surface area contributed by atoms with Gasteiger partial charge in [0.25, 0.3) is 0 Å². The zero-order chi connectivity index (χ0) is 13.5. The smallest absolute Gasteiger partial charge is 0.227 e. The third-order valence-electron chi connectivity index (χ3n) is 3.34. The van der Waals surface area contributed by atoms with Gasteiger partial charge >= 0.3 is 0 Å². The highest BCUT2D eigenvalue weighted by molar-refractivity contribution is 5.94. The van der Waals surface area contributed by atoms with Gasteiger partial charge in [-0.25, -0.2) is 0 Å². The molecule has 1 aliphatic heterocycles. The Bertz CT molecular complexity index is 420. The topological polar surface area (TPSA) is 55.6 Å². The first-order valence-corrected chi connectivity index (χ1v) is 7.05. The second kappa shape index (κ2) is 7.14. The summed E-state index contributed by atoms with van der Waals surface area (Å²) in [6.07, 6.45) is 4.40. The second-order valence-electron chi connectivity index (χ2n) is 4.81. The third kappa shape index (κ3) is 3.70. The van der Waals surface area contributed by atoms with Crippen LogP contribution in [-0.4, -0.2) is 25.6 Å².